The third-order valence-corrected chi connectivity index (χ3v) is 12.1. The Hall–Kier alpha value is -1.96. The first kappa shape index (κ1) is 23.2. The number of aliphatic hydroxyl groups excluding tert-OH is 1. The van der Waals surface area contributed by atoms with Gasteiger partial charge in [-0.15, -0.1) is 0 Å². The first-order chi connectivity index (χ1) is 15.1. The number of aromatic nitrogens is 2. The molecule has 0 aliphatic heterocycles. The van der Waals surface area contributed by atoms with Gasteiger partial charge in [0.05, 0.1) is 18.2 Å². The fourth-order valence-electron chi connectivity index (χ4n) is 4.54. The van der Waals surface area contributed by atoms with Crippen molar-refractivity contribution in [1.29, 1.82) is 0 Å². The lowest BCUT2D eigenvalue weighted by Crippen LogP contribution is -2.41. The number of aryl methyl sites for hydroxylation is 1. The molecule has 0 saturated heterocycles. The first-order valence-electron chi connectivity index (χ1n) is 11.9. The van der Waals surface area contributed by atoms with Gasteiger partial charge in [-0.1, -0.05) is 45.0 Å². The van der Waals surface area contributed by atoms with E-state index < -0.39 is 14.4 Å². The van der Waals surface area contributed by atoms with Crippen molar-refractivity contribution in [3.8, 4) is 0 Å². The second-order valence-electron chi connectivity index (χ2n) is 10.9. The largest absolute Gasteiger partial charge is 0.417 e. The third kappa shape index (κ3) is 5.16. The molecule has 0 amide bonds. The minimum Gasteiger partial charge on any atom is -0.417 e. The van der Waals surface area contributed by atoms with Gasteiger partial charge in [-0.3, -0.25) is 0 Å². The Bertz CT molecular complexity index is 930. The Labute approximate surface area is 193 Å². The smallest absolute Gasteiger partial charge is 0.191 e. The molecule has 1 aromatic heterocycles. The summed E-state index contributed by atoms with van der Waals surface area (Å²) < 4.78 is 6.41. The minimum absolute atomic E-state index is 0.0158. The van der Waals surface area contributed by atoms with Crippen molar-refractivity contribution in [2.45, 2.75) is 82.8 Å². The fraction of sp³-hybridized carbons (Fsp3) is 0.600. The summed E-state index contributed by atoms with van der Waals surface area (Å²) in [7, 11) is -1.77. The summed E-state index contributed by atoms with van der Waals surface area (Å²) in [5, 5.41) is 17.9. The van der Waals surface area contributed by atoms with E-state index in [0.29, 0.717) is 5.92 Å². The van der Waals surface area contributed by atoms with E-state index in [1.807, 2.05) is 6.07 Å². The molecule has 1 aromatic carbocycles. The zero-order valence-corrected chi connectivity index (χ0v) is 21.1. The highest BCUT2D eigenvalue weighted by atomic mass is 28.4. The van der Waals surface area contributed by atoms with Crippen LogP contribution in [0, 0.1) is 5.92 Å². The number of hydrogen-bond donors (Lipinski definition) is 3. The van der Waals surface area contributed by atoms with E-state index in [9.17, 15) is 5.11 Å². The fourth-order valence-corrected chi connectivity index (χ4v) is 5.63. The molecule has 6 nitrogen and oxygen atoms in total. The average Bonchev–Trinajstić information content (AvgIpc) is 3.29. The van der Waals surface area contributed by atoms with Crippen molar-refractivity contribution in [2.24, 2.45) is 5.92 Å². The van der Waals surface area contributed by atoms with E-state index in [1.54, 1.807) is 6.33 Å². The second-order valence-corrected chi connectivity index (χ2v) is 15.8. The first-order valence-corrected chi connectivity index (χ1v) is 14.8. The Kier molecular flexibility index (Phi) is 6.61. The van der Waals surface area contributed by atoms with Crippen molar-refractivity contribution in [3.63, 3.8) is 0 Å². The van der Waals surface area contributed by atoms with Gasteiger partial charge in [0.15, 0.2) is 8.32 Å². The van der Waals surface area contributed by atoms with E-state index in [0.717, 1.165) is 43.9 Å². The van der Waals surface area contributed by atoms with Crippen molar-refractivity contribution >= 4 is 20.0 Å². The van der Waals surface area contributed by atoms with E-state index in [1.165, 1.54) is 11.1 Å². The van der Waals surface area contributed by atoms with Gasteiger partial charge in [-0.2, -0.15) is 0 Å². The number of nitrogens with zero attached hydrogens (tertiary/aromatic N) is 2. The molecule has 0 spiro atoms. The highest BCUT2D eigenvalue weighted by molar-refractivity contribution is 6.74. The molecule has 0 bridgehead atoms. The summed E-state index contributed by atoms with van der Waals surface area (Å²) in [5.41, 5.74) is 2.77. The molecular formula is C25H38N4O2Si. The number of nitrogens with one attached hydrogen (secondary N) is 2. The molecule has 174 valence electrons. The van der Waals surface area contributed by atoms with Crippen LogP contribution in [0.4, 0.5) is 11.6 Å². The SMILES string of the molecule is CC(C)(C)[Si](C)(C)OCC1CC(O)C(Nc2cc(N[C@H]3CCc4ccccc43)ncn2)C1. The molecule has 7 heteroatoms. The Morgan fingerprint density at radius 1 is 1.09 bits per heavy atom. The summed E-state index contributed by atoms with van der Waals surface area (Å²) in [4.78, 5) is 8.82. The molecule has 0 radical (unpaired) electrons. The number of aliphatic hydroxyl groups is 1. The number of fused-ring (bicyclic) bond motifs is 1. The zero-order chi connectivity index (χ0) is 22.9. The van der Waals surface area contributed by atoms with E-state index >= 15 is 0 Å². The quantitative estimate of drug-likeness (QED) is 0.502. The molecule has 32 heavy (non-hydrogen) atoms. The molecule has 3 unspecified atom stereocenters. The Morgan fingerprint density at radius 2 is 1.81 bits per heavy atom. The molecule has 3 N–H and O–H groups in total. The lowest BCUT2D eigenvalue weighted by atomic mass is 10.1. The molecule has 2 aliphatic carbocycles. The predicted molar refractivity (Wildman–Crippen MR) is 132 cm³/mol. The lowest BCUT2D eigenvalue weighted by Gasteiger charge is -2.37. The maximum absolute atomic E-state index is 10.7. The zero-order valence-electron chi connectivity index (χ0n) is 20.1. The highest BCUT2D eigenvalue weighted by Crippen LogP contribution is 2.38. The topological polar surface area (TPSA) is 79.3 Å². The third-order valence-electron chi connectivity index (χ3n) is 7.57. The van der Waals surface area contributed by atoms with Gasteiger partial charge in [-0.05, 0) is 60.9 Å². The molecule has 1 saturated carbocycles. The number of benzene rings is 1. The standard InChI is InChI=1S/C25H38N4O2Si/c1-25(2,3)32(4,5)31-15-17-12-21(22(30)13-17)29-24-14-23(26-16-27-24)28-20-11-10-18-8-6-7-9-19(18)20/h6-9,14,16-17,20-22,30H,10-13,15H2,1-5H3,(H2,26,27,28,29)/t17?,20-,21?,22?/m0/s1. The molecule has 4 atom stereocenters. The number of hydrogen-bond acceptors (Lipinski definition) is 6. The van der Waals surface area contributed by atoms with Crippen LogP contribution in [0.25, 0.3) is 0 Å². The van der Waals surface area contributed by atoms with Crippen LogP contribution in [-0.4, -0.2) is 42.1 Å². The predicted octanol–water partition coefficient (Wildman–Crippen LogP) is 5.15. The summed E-state index contributed by atoms with van der Waals surface area (Å²) >= 11 is 0. The Balaban J connectivity index is 1.34. The normalized spacial score (nSPS) is 25.6. The van der Waals surface area contributed by atoms with Crippen LogP contribution in [-0.2, 0) is 10.8 Å². The van der Waals surface area contributed by atoms with Crippen LogP contribution in [0.1, 0.15) is 57.2 Å². The summed E-state index contributed by atoms with van der Waals surface area (Å²) in [6.07, 6.45) is 5.02. The van der Waals surface area contributed by atoms with Gasteiger partial charge in [0.25, 0.3) is 0 Å². The van der Waals surface area contributed by atoms with Crippen molar-refractivity contribution in [2.75, 3.05) is 17.2 Å². The molecule has 1 fully saturated rings. The van der Waals surface area contributed by atoms with Crippen LogP contribution >= 0.6 is 0 Å². The lowest BCUT2D eigenvalue weighted by molar-refractivity contribution is 0.158. The summed E-state index contributed by atoms with van der Waals surface area (Å²) in [6.45, 7) is 12.1. The average molecular weight is 455 g/mol. The maximum atomic E-state index is 10.7. The molecule has 2 aliphatic rings. The van der Waals surface area contributed by atoms with E-state index in [4.69, 9.17) is 4.43 Å². The van der Waals surface area contributed by atoms with Crippen LogP contribution in [0.2, 0.25) is 18.1 Å². The molecule has 4 rings (SSSR count). The van der Waals surface area contributed by atoms with Gasteiger partial charge in [0, 0.05) is 12.7 Å². The van der Waals surface area contributed by atoms with Crippen molar-refractivity contribution in [3.05, 3.63) is 47.8 Å². The van der Waals surface area contributed by atoms with E-state index in [-0.39, 0.29) is 17.1 Å². The maximum Gasteiger partial charge on any atom is 0.191 e. The van der Waals surface area contributed by atoms with Crippen molar-refractivity contribution in [1.82, 2.24) is 9.97 Å². The van der Waals surface area contributed by atoms with Crippen molar-refractivity contribution < 1.29 is 9.53 Å². The summed E-state index contributed by atoms with van der Waals surface area (Å²) in [5.74, 6) is 1.93. The molecule has 2 aromatic rings. The van der Waals surface area contributed by atoms with E-state index in [2.05, 4.69) is 78.7 Å². The van der Waals surface area contributed by atoms with Gasteiger partial charge in [0.2, 0.25) is 0 Å². The van der Waals surface area contributed by atoms with Gasteiger partial charge >= 0.3 is 0 Å². The van der Waals surface area contributed by atoms with Crippen LogP contribution in [0.15, 0.2) is 36.7 Å². The monoisotopic (exact) mass is 454 g/mol. The number of anilines is 2. The van der Waals surface area contributed by atoms with Gasteiger partial charge in [0.1, 0.15) is 18.0 Å². The van der Waals surface area contributed by atoms with Gasteiger partial charge in [-0.25, -0.2) is 9.97 Å². The highest BCUT2D eigenvalue weighted by Gasteiger charge is 2.39. The van der Waals surface area contributed by atoms with Gasteiger partial charge < -0.3 is 20.2 Å². The second kappa shape index (κ2) is 9.12. The minimum atomic E-state index is -1.77. The van der Waals surface area contributed by atoms with Crippen LogP contribution < -0.4 is 10.6 Å². The van der Waals surface area contributed by atoms with Crippen LogP contribution in [0.3, 0.4) is 0 Å². The Morgan fingerprint density at radius 3 is 2.56 bits per heavy atom. The summed E-state index contributed by atoms with van der Waals surface area (Å²) in [6, 6.07) is 10.8. The molecular weight excluding hydrogens is 416 g/mol. The number of rotatable bonds is 7. The van der Waals surface area contributed by atoms with Crippen LogP contribution in [0.5, 0.6) is 0 Å². The molecule has 1 heterocycles.